The van der Waals surface area contributed by atoms with Crippen LogP contribution in [0.5, 0.6) is 0 Å². The predicted octanol–water partition coefficient (Wildman–Crippen LogP) is 4.38. The third-order valence-electron chi connectivity index (χ3n) is 4.83. The van der Waals surface area contributed by atoms with Crippen LogP contribution in [0.15, 0.2) is 54.9 Å². The Labute approximate surface area is 163 Å². The molecule has 2 aromatic carbocycles. The minimum Gasteiger partial charge on any atom is -0.334 e. The number of halogens is 1. The summed E-state index contributed by atoms with van der Waals surface area (Å²) in [4.78, 5) is 23.2. The molecule has 0 saturated heterocycles. The van der Waals surface area contributed by atoms with Gasteiger partial charge in [-0.3, -0.25) is 4.79 Å². The molecule has 6 heteroatoms. The minimum atomic E-state index is -0.0463. The van der Waals surface area contributed by atoms with Crippen LogP contribution in [0.2, 0.25) is 5.02 Å². The van der Waals surface area contributed by atoms with E-state index in [1.165, 1.54) is 11.1 Å². The van der Waals surface area contributed by atoms with Crippen LogP contribution in [0.25, 0.3) is 0 Å². The van der Waals surface area contributed by atoms with Gasteiger partial charge in [-0.25, -0.2) is 9.97 Å². The zero-order chi connectivity index (χ0) is 18.8. The van der Waals surface area contributed by atoms with E-state index in [0.29, 0.717) is 29.6 Å². The van der Waals surface area contributed by atoms with E-state index in [0.717, 1.165) is 17.7 Å². The van der Waals surface area contributed by atoms with Crippen molar-refractivity contribution in [3.63, 3.8) is 0 Å². The summed E-state index contributed by atoms with van der Waals surface area (Å²) in [7, 11) is 0. The zero-order valence-corrected chi connectivity index (χ0v) is 15.7. The number of carbonyl (C=O) groups excluding carboxylic acids is 1. The maximum atomic E-state index is 12.8. The topological polar surface area (TPSA) is 58.1 Å². The highest BCUT2D eigenvalue weighted by Crippen LogP contribution is 2.25. The lowest BCUT2D eigenvalue weighted by Gasteiger charge is -2.28. The first kappa shape index (κ1) is 17.5. The Morgan fingerprint density at radius 1 is 1.07 bits per heavy atom. The van der Waals surface area contributed by atoms with Gasteiger partial charge in [0.15, 0.2) is 0 Å². The Hall–Kier alpha value is -2.92. The number of fused-ring (bicyclic) bond motifs is 1. The molecular formula is C21H19ClN4O. The highest BCUT2D eigenvalue weighted by atomic mass is 35.5. The van der Waals surface area contributed by atoms with Crippen molar-refractivity contribution in [1.82, 2.24) is 14.9 Å². The first-order valence-corrected chi connectivity index (χ1v) is 9.20. The monoisotopic (exact) mass is 378 g/mol. The molecule has 0 bridgehead atoms. The van der Waals surface area contributed by atoms with Crippen LogP contribution in [0, 0.1) is 6.92 Å². The van der Waals surface area contributed by atoms with Crippen LogP contribution >= 0.6 is 11.6 Å². The average molecular weight is 379 g/mol. The Bertz CT molecular complexity index is 988. The average Bonchev–Trinajstić information content (AvgIpc) is 2.71. The van der Waals surface area contributed by atoms with Crippen molar-refractivity contribution in [3.8, 4) is 0 Å². The van der Waals surface area contributed by atoms with Crippen molar-refractivity contribution in [2.45, 2.75) is 19.9 Å². The summed E-state index contributed by atoms with van der Waals surface area (Å²) >= 11 is 6.14. The summed E-state index contributed by atoms with van der Waals surface area (Å²) in [5, 5.41) is 3.82. The lowest BCUT2D eigenvalue weighted by molar-refractivity contribution is 0.0734. The van der Waals surface area contributed by atoms with E-state index in [2.05, 4.69) is 27.4 Å². The predicted molar refractivity (Wildman–Crippen MR) is 106 cm³/mol. The molecule has 2 heterocycles. The van der Waals surface area contributed by atoms with Gasteiger partial charge >= 0.3 is 0 Å². The number of hydrogen-bond acceptors (Lipinski definition) is 4. The van der Waals surface area contributed by atoms with Gasteiger partial charge < -0.3 is 10.2 Å². The van der Waals surface area contributed by atoms with Crippen LogP contribution in [-0.4, -0.2) is 27.3 Å². The normalized spacial score (nSPS) is 13.2. The van der Waals surface area contributed by atoms with E-state index < -0.39 is 0 Å². The van der Waals surface area contributed by atoms with Gasteiger partial charge in [0.2, 0.25) is 5.95 Å². The number of nitrogens with one attached hydrogen (secondary N) is 1. The van der Waals surface area contributed by atoms with Gasteiger partial charge in [-0.15, -0.1) is 0 Å². The largest absolute Gasteiger partial charge is 0.334 e. The standard InChI is InChI=1S/C21H19ClN4O/c1-14-18(22)7-4-8-19(14)25-21-23-11-17(12-24-21)20(27)26-10-9-15-5-2-3-6-16(15)13-26/h2-8,11-12H,9-10,13H2,1H3,(H,23,24,25). The van der Waals surface area contributed by atoms with Gasteiger partial charge in [0, 0.05) is 36.2 Å². The van der Waals surface area contributed by atoms with Crippen molar-refractivity contribution in [2.24, 2.45) is 0 Å². The van der Waals surface area contributed by atoms with E-state index in [1.54, 1.807) is 12.4 Å². The van der Waals surface area contributed by atoms with Crippen LogP contribution in [0.4, 0.5) is 11.6 Å². The summed E-state index contributed by atoms with van der Waals surface area (Å²) in [5.41, 5.74) is 4.77. The molecule has 5 nitrogen and oxygen atoms in total. The molecule has 0 saturated carbocycles. The van der Waals surface area contributed by atoms with E-state index in [-0.39, 0.29) is 5.91 Å². The summed E-state index contributed by atoms with van der Waals surface area (Å²) < 4.78 is 0. The summed E-state index contributed by atoms with van der Waals surface area (Å²) in [6.45, 7) is 3.25. The van der Waals surface area contributed by atoms with Gasteiger partial charge in [0.1, 0.15) is 0 Å². The third-order valence-corrected chi connectivity index (χ3v) is 5.24. The summed E-state index contributed by atoms with van der Waals surface area (Å²) in [5.74, 6) is 0.385. The molecule has 3 aromatic rings. The second-order valence-corrected chi connectivity index (χ2v) is 6.99. The molecule has 4 rings (SSSR count). The number of rotatable bonds is 3. The molecular weight excluding hydrogens is 360 g/mol. The molecule has 1 aliphatic rings. The van der Waals surface area contributed by atoms with Gasteiger partial charge in [-0.05, 0) is 42.2 Å². The number of aromatic nitrogens is 2. The number of anilines is 2. The number of nitrogens with zero attached hydrogens (tertiary/aromatic N) is 3. The van der Waals surface area contributed by atoms with Crippen LogP contribution in [-0.2, 0) is 13.0 Å². The SMILES string of the molecule is Cc1c(Cl)cccc1Nc1ncc(C(=O)N2CCc3ccccc3C2)cn1. The molecule has 1 aliphatic heterocycles. The molecule has 1 N–H and O–H groups in total. The number of amides is 1. The Morgan fingerprint density at radius 2 is 1.81 bits per heavy atom. The lowest BCUT2D eigenvalue weighted by atomic mass is 9.99. The quantitative estimate of drug-likeness (QED) is 0.734. The number of benzene rings is 2. The fourth-order valence-electron chi connectivity index (χ4n) is 3.22. The third kappa shape index (κ3) is 3.64. The van der Waals surface area contributed by atoms with Crippen LogP contribution in [0.3, 0.4) is 0 Å². The van der Waals surface area contributed by atoms with Gasteiger partial charge in [0.05, 0.1) is 5.56 Å². The van der Waals surface area contributed by atoms with Crippen molar-refractivity contribution in [3.05, 3.63) is 82.1 Å². The first-order chi connectivity index (χ1) is 13.1. The second-order valence-electron chi connectivity index (χ2n) is 6.58. The highest BCUT2D eigenvalue weighted by molar-refractivity contribution is 6.31. The van der Waals surface area contributed by atoms with Gasteiger partial charge in [-0.2, -0.15) is 0 Å². The van der Waals surface area contributed by atoms with Crippen molar-refractivity contribution < 1.29 is 4.79 Å². The number of hydrogen-bond donors (Lipinski definition) is 1. The van der Waals surface area contributed by atoms with E-state index in [4.69, 9.17) is 11.6 Å². The van der Waals surface area contributed by atoms with E-state index >= 15 is 0 Å². The molecule has 0 fully saturated rings. The molecule has 1 aromatic heterocycles. The molecule has 0 radical (unpaired) electrons. The Kier molecular flexibility index (Phi) is 4.77. The molecule has 1 amide bonds. The van der Waals surface area contributed by atoms with E-state index in [1.807, 2.05) is 42.2 Å². The Balaban J connectivity index is 1.47. The van der Waals surface area contributed by atoms with Crippen molar-refractivity contribution in [1.29, 1.82) is 0 Å². The van der Waals surface area contributed by atoms with E-state index in [9.17, 15) is 4.79 Å². The zero-order valence-electron chi connectivity index (χ0n) is 14.9. The van der Waals surface area contributed by atoms with Crippen LogP contribution in [0.1, 0.15) is 27.0 Å². The second kappa shape index (κ2) is 7.37. The van der Waals surface area contributed by atoms with Crippen LogP contribution < -0.4 is 5.32 Å². The fourth-order valence-corrected chi connectivity index (χ4v) is 3.39. The molecule has 0 atom stereocenters. The summed E-state index contributed by atoms with van der Waals surface area (Å²) in [6, 6.07) is 13.9. The summed E-state index contributed by atoms with van der Waals surface area (Å²) in [6.07, 6.45) is 4.01. The molecule has 0 spiro atoms. The molecule has 136 valence electrons. The van der Waals surface area contributed by atoms with Gasteiger partial charge in [0.25, 0.3) is 5.91 Å². The van der Waals surface area contributed by atoms with Crippen molar-refractivity contribution in [2.75, 3.05) is 11.9 Å². The van der Waals surface area contributed by atoms with Gasteiger partial charge in [-0.1, -0.05) is 41.9 Å². The number of carbonyl (C=O) groups is 1. The molecule has 0 aliphatic carbocycles. The smallest absolute Gasteiger partial charge is 0.257 e. The maximum absolute atomic E-state index is 12.8. The highest BCUT2D eigenvalue weighted by Gasteiger charge is 2.22. The maximum Gasteiger partial charge on any atom is 0.257 e. The Morgan fingerprint density at radius 3 is 2.59 bits per heavy atom. The lowest BCUT2D eigenvalue weighted by Crippen LogP contribution is -2.36. The minimum absolute atomic E-state index is 0.0463. The first-order valence-electron chi connectivity index (χ1n) is 8.82. The fraction of sp³-hybridized carbons (Fsp3) is 0.190. The van der Waals surface area contributed by atoms with Crippen molar-refractivity contribution >= 4 is 29.1 Å². The molecule has 0 unspecified atom stereocenters. The molecule has 27 heavy (non-hydrogen) atoms.